The van der Waals surface area contributed by atoms with E-state index >= 15 is 0 Å². The molecule has 9 nitrogen and oxygen atoms in total. The van der Waals surface area contributed by atoms with E-state index in [4.69, 9.17) is 0 Å². The van der Waals surface area contributed by atoms with Crippen molar-refractivity contribution in [3.63, 3.8) is 0 Å². The number of nitro groups is 1. The number of non-ortho nitro benzene ring substituents is 1. The highest BCUT2D eigenvalue weighted by Gasteiger charge is 2.26. The smallest absolute Gasteiger partial charge is 0.269 e. The molecule has 0 radical (unpaired) electrons. The van der Waals surface area contributed by atoms with Gasteiger partial charge in [0.05, 0.1) is 11.5 Å². The lowest BCUT2D eigenvalue weighted by atomic mass is 10.1. The standard InChI is InChI=1S/C18H22N4O5/c1-3-16(23)19(4-2)13-17(24)20-9-11-21(12-10-20)18(25)14-5-7-15(8-6-14)22(26)27/h3,5-8H,1,4,9-13H2,2H3. The van der Waals surface area contributed by atoms with Crippen LogP contribution in [0.25, 0.3) is 0 Å². The number of piperazine rings is 1. The van der Waals surface area contributed by atoms with Crippen LogP contribution in [0.2, 0.25) is 0 Å². The van der Waals surface area contributed by atoms with Gasteiger partial charge in [0.25, 0.3) is 11.6 Å². The molecule has 0 N–H and O–H groups in total. The Morgan fingerprint density at radius 1 is 1.15 bits per heavy atom. The van der Waals surface area contributed by atoms with Gasteiger partial charge in [0.1, 0.15) is 0 Å². The van der Waals surface area contributed by atoms with E-state index in [9.17, 15) is 24.5 Å². The van der Waals surface area contributed by atoms with Gasteiger partial charge in [-0.1, -0.05) is 6.58 Å². The minimum absolute atomic E-state index is 0.0162. The largest absolute Gasteiger partial charge is 0.338 e. The molecule has 0 saturated carbocycles. The Kier molecular flexibility index (Phi) is 6.64. The number of hydrogen-bond donors (Lipinski definition) is 0. The third-order valence-corrected chi connectivity index (χ3v) is 4.44. The van der Waals surface area contributed by atoms with E-state index in [0.717, 1.165) is 0 Å². The Balaban J connectivity index is 1.91. The van der Waals surface area contributed by atoms with Gasteiger partial charge in [0.15, 0.2) is 0 Å². The average molecular weight is 374 g/mol. The Morgan fingerprint density at radius 3 is 2.19 bits per heavy atom. The summed E-state index contributed by atoms with van der Waals surface area (Å²) in [6.07, 6.45) is 1.18. The van der Waals surface area contributed by atoms with Crippen LogP contribution in [0.15, 0.2) is 36.9 Å². The van der Waals surface area contributed by atoms with E-state index in [1.165, 1.54) is 35.2 Å². The van der Waals surface area contributed by atoms with E-state index in [-0.39, 0.29) is 30.0 Å². The maximum atomic E-state index is 12.5. The SMILES string of the molecule is C=CC(=O)N(CC)CC(=O)N1CCN(C(=O)c2ccc([N+](=O)[O-])cc2)CC1. The lowest BCUT2D eigenvalue weighted by molar-refractivity contribution is -0.384. The molecular weight excluding hydrogens is 352 g/mol. The lowest BCUT2D eigenvalue weighted by Crippen LogP contribution is -2.53. The fraction of sp³-hybridized carbons (Fsp3) is 0.389. The molecule has 9 heteroatoms. The molecule has 0 aliphatic carbocycles. The molecule has 1 aliphatic heterocycles. The molecule has 0 unspecified atom stereocenters. The molecule has 1 aromatic carbocycles. The Morgan fingerprint density at radius 2 is 1.70 bits per heavy atom. The van der Waals surface area contributed by atoms with Gasteiger partial charge in [-0.15, -0.1) is 0 Å². The summed E-state index contributed by atoms with van der Waals surface area (Å²) in [5, 5.41) is 10.7. The highest BCUT2D eigenvalue weighted by molar-refractivity contribution is 5.95. The average Bonchev–Trinajstić information content (AvgIpc) is 2.70. The van der Waals surface area contributed by atoms with E-state index < -0.39 is 4.92 Å². The third kappa shape index (κ3) is 4.90. The van der Waals surface area contributed by atoms with E-state index in [1.807, 2.05) is 0 Å². The topological polar surface area (TPSA) is 104 Å². The zero-order valence-electron chi connectivity index (χ0n) is 15.2. The highest BCUT2D eigenvalue weighted by Crippen LogP contribution is 2.15. The monoisotopic (exact) mass is 374 g/mol. The van der Waals surface area contributed by atoms with Crippen LogP contribution in [0.3, 0.4) is 0 Å². The Bertz CT molecular complexity index is 739. The van der Waals surface area contributed by atoms with Gasteiger partial charge in [0.2, 0.25) is 11.8 Å². The van der Waals surface area contributed by atoms with Gasteiger partial charge in [-0.25, -0.2) is 0 Å². The summed E-state index contributed by atoms with van der Waals surface area (Å²) < 4.78 is 0. The van der Waals surface area contributed by atoms with Gasteiger partial charge in [-0.2, -0.15) is 0 Å². The van der Waals surface area contributed by atoms with Crippen LogP contribution in [-0.2, 0) is 9.59 Å². The van der Waals surface area contributed by atoms with Gasteiger partial charge >= 0.3 is 0 Å². The van der Waals surface area contributed by atoms with Gasteiger partial charge < -0.3 is 14.7 Å². The van der Waals surface area contributed by atoms with Crippen LogP contribution in [0.4, 0.5) is 5.69 Å². The molecule has 3 amide bonds. The lowest BCUT2D eigenvalue weighted by Gasteiger charge is -2.35. The Hall–Kier alpha value is -3.23. The molecule has 2 rings (SSSR count). The van der Waals surface area contributed by atoms with Crippen molar-refractivity contribution in [2.24, 2.45) is 0 Å². The summed E-state index contributed by atoms with van der Waals surface area (Å²) in [4.78, 5) is 51.3. The number of likely N-dealkylation sites (N-methyl/N-ethyl adjacent to an activating group) is 1. The number of nitro benzene ring substituents is 1. The fourth-order valence-electron chi connectivity index (χ4n) is 2.81. The molecule has 1 fully saturated rings. The molecule has 1 aliphatic rings. The summed E-state index contributed by atoms with van der Waals surface area (Å²) in [5.41, 5.74) is 0.297. The van der Waals surface area contributed by atoms with Crippen molar-refractivity contribution >= 4 is 23.4 Å². The number of benzene rings is 1. The molecular formula is C18H22N4O5. The van der Waals surface area contributed by atoms with E-state index in [1.54, 1.807) is 16.7 Å². The van der Waals surface area contributed by atoms with Crippen LogP contribution in [0.5, 0.6) is 0 Å². The van der Waals surface area contributed by atoms with Crippen molar-refractivity contribution in [3.05, 3.63) is 52.6 Å². The molecule has 0 aromatic heterocycles. The van der Waals surface area contributed by atoms with Crippen LogP contribution in [0.1, 0.15) is 17.3 Å². The summed E-state index contributed by atoms with van der Waals surface area (Å²) >= 11 is 0. The Labute approximate surface area is 157 Å². The quantitative estimate of drug-likeness (QED) is 0.418. The maximum absolute atomic E-state index is 12.5. The van der Waals surface area contributed by atoms with Crippen LogP contribution in [0, 0.1) is 10.1 Å². The number of carbonyl (C=O) groups is 3. The zero-order chi connectivity index (χ0) is 20.0. The number of rotatable bonds is 6. The van der Waals surface area contributed by atoms with Gasteiger partial charge in [-0.3, -0.25) is 24.5 Å². The first kappa shape index (κ1) is 20.1. The molecule has 0 spiro atoms. The number of carbonyl (C=O) groups excluding carboxylic acids is 3. The number of hydrogen-bond acceptors (Lipinski definition) is 5. The summed E-state index contributed by atoms with van der Waals surface area (Å²) in [6.45, 7) is 7.08. The number of nitrogens with zero attached hydrogens (tertiary/aromatic N) is 4. The minimum Gasteiger partial charge on any atom is -0.338 e. The highest BCUT2D eigenvalue weighted by atomic mass is 16.6. The second-order valence-corrected chi connectivity index (χ2v) is 6.03. The van der Waals surface area contributed by atoms with Gasteiger partial charge in [-0.05, 0) is 25.1 Å². The van der Waals surface area contributed by atoms with Crippen molar-refractivity contribution in [3.8, 4) is 0 Å². The molecule has 144 valence electrons. The minimum atomic E-state index is -0.519. The second-order valence-electron chi connectivity index (χ2n) is 6.03. The molecule has 27 heavy (non-hydrogen) atoms. The van der Waals surface area contributed by atoms with Crippen LogP contribution < -0.4 is 0 Å². The molecule has 0 bridgehead atoms. The predicted molar refractivity (Wildman–Crippen MR) is 98.0 cm³/mol. The van der Waals surface area contributed by atoms with Crippen molar-refractivity contribution in [1.29, 1.82) is 0 Å². The molecule has 1 heterocycles. The first-order valence-corrected chi connectivity index (χ1v) is 8.60. The maximum Gasteiger partial charge on any atom is 0.269 e. The predicted octanol–water partition coefficient (Wildman–Crippen LogP) is 0.914. The van der Waals surface area contributed by atoms with Crippen LogP contribution in [-0.4, -0.2) is 76.6 Å². The van der Waals surface area contributed by atoms with E-state index in [0.29, 0.717) is 38.3 Å². The van der Waals surface area contributed by atoms with Crippen molar-refractivity contribution in [1.82, 2.24) is 14.7 Å². The third-order valence-electron chi connectivity index (χ3n) is 4.44. The fourth-order valence-corrected chi connectivity index (χ4v) is 2.81. The molecule has 1 saturated heterocycles. The summed E-state index contributed by atoms with van der Waals surface area (Å²) in [7, 11) is 0. The summed E-state index contributed by atoms with van der Waals surface area (Å²) in [6, 6.07) is 5.45. The van der Waals surface area contributed by atoms with Crippen LogP contribution >= 0.6 is 0 Å². The van der Waals surface area contributed by atoms with Gasteiger partial charge in [0, 0.05) is 50.4 Å². The van der Waals surface area contributed by atoms with Crippen molar-refractivity contribution in [2.75, 3.05) is 39.3 Å². The van der Waals surface area contributed by atoms with E-state index in [2.05, 4.69) is 6.58 Å². The van der Waals surface area contributed by atoms with Crippen molar-refractivity contribution < 1.29 is 19.3 Å². The van der Waals surface area contributed by atoms with Crippen molar-refractivity contribution in [2.45, 2.75) is 6.92 Å². The summed E-state index contributed by atoms with van der Waals surface area (Å²) in [5.74, 6) is -0.693. The first-order valence-electron chi connectivity index (χ1n) is 8.60. The molecule has 1 aromatic rings. The molecule has 0 atom stereocenters. The first-order chi connectivity index (χ1) is 12.9. The normalized spacial score (nSPS) is 13.8. The zero-order valence-corrected chi connectivity index (χ0v) is 15.2. The second kappa shape index (κ2) is 8.93. The number of amides is 3.